The molecule has 3 rings (SSSR count). The molecule has 0 radical (unpaired) electrons. The molecule has 0 saturated heterocycles. The molecule has 27 heavy (non-hydrogen) atoms. The SMILES string of the molecule is COC(=O)c1c(C(=O)O)c(O)c2ccsc2c1-c1ccc(OC)c(OC)c1. The first-order valence-electron chi connectivity index (χ1n) is 7.74. The third kappa shape index (κ3) is 2.93. The number of methoxy groups -OCH3 is 3. The first-order chi connectivity index (χ1) is 12.9. The summed E-state index contributed by atoms with van der Waals surface area (Å²) in [6, 6.07) is 6.59. The Morgan fingerprint density at radius 2 is 1.70 bits per heavy atom. The Hall–Kier alpha value is -3.26. The number of rotatable bonds is 5. The molecule has 0 unspecified atom stereocenters. The lowest BCUT2D eigenvalue weighted by Gasteiger charge is -2.16. The number of thiophene rings is 1. The van der Waals surface area contributed by atoms with Gasteiger partial charge in [-0.05, 0) is 29.1 Å². The molecule has 8 heteroatoms. The number of hydrogen-bond donors (Lipinski definition) is 2. The number of hydrogen-bond acceptors (Lipinski definition) is 7. The Kier molecular flexibility index (Phi) is 4.91. The number of fused-ring (bicyclic) bond motifs is 1. The van der Waals surface area contributed by atoms with Gasteiger partial charge in [0.05, 0.1) is 26.9 Å². The third-order valence-corrected chi connectivity index (χ3v) is 5.09. The van der Waals surface area contributed by atoms with Gasteiger partial charge in [-0.2, -0.15) is 0 Å². The fourth-order valence-corrected chi connectivity index (χ4v) is 3.93. The van der Waals surface area contributed by atoms with Crippen molar-refractivity contribution >= 4 is 33.4 Å². The van der Waals surface area contributed by atoms with Crippen LogP contribution in [0.15, 0.2) is 29.6 Å². The molecule has 140 valence electrons. The molecule has 1 aromatic heterocycles. The maximum absolute atomic E-state index is 12.5. The average Bonchev–Trinajstić information content (AvgIpc) is 3.16. The van der Waals surface area contributed by atoms with Crippen LogP contribution >= 0.6 is 11.3 Å². The standard InChI is InChI=1S/C19H16O7S/c1-24-11-5-4-9(8-12(11)25-2)13-14(19(23)26-3)15(18(21)22)16(20)10-6-7-27-17(10)13/h4-8,20H,1-3H3,(H,21,22). The highest BCUT2D eigenvalue weighted by Gasteiger charge is 2.30. The number of carbonyl (C=O) groups excluding carboxylic acids is 1. The predicted molar refractivity (Wildman–Crippen MR) is 100 cm³/mol. The summed E-state index contributed by atoms with van der Waals surface area (Å²) in [5.74, 6) is -1.85. The van der Waals surface area contributed by atoms with Gasteiger partial charge in [0.15, 0.2) is 11.5 Å². The van der Waals surface area contributed by atoms with Gasteiger partial charge in [0.2, 0.25) is 0 Å². The van der Waals surface area contributed by atoms with Crippen molar-refractivity contribution in [1.29, 1.82) is 0 Å². The van der Waals surface area contributed by atoms with Crippen LogP contribution in [0, 0.1) is 0 Å². The second-order valence-electron chi connectivity index (χ2n) is 5.50. The molecule has 2 aromatic carbocycles. The number of aromatic hydroxyl groups is 1. The lowest BCUT2D eigenvalue weighted by Crippen LogP contribution is -2.12. The van der Waals surface area contributed by atoms with Gasteiger partial charge in [0.1, 0.15) is 11.3 Å². The minimum absolute atomic E-state index is 0.218. The summed E-state index contributed by atoms with van der Waals surface area (Å²) in [5, 5.41) is 22.1. The molecule has 0 saturated carbocycles. The summed E-state index contributed by atoms with van der Waals surface area (Å²) >= 11 is 1.28. The molecule has 0 aliphatic heterocycles. The van der Waals surface area contributed by atoms with Crippen LogP contribution in [0.5, 0.6) is 17.2 Å². The monoisotopic (exact) mass is 388 g/mol. The Labute approximate surface area is 158 Å². The topological polar surface area (TPSA) is 102 Å². The molecule has 1 heterocycles. The van der Waals surface area contributed by atoms with E-state index in [9.17, 15) is 19.8 Å². The van der Waals surface area contributed by atoms with E-state index in [0.29, 0.717) is 32.7 Å². The highest BCUT2D eigenvalue weighted by atomic mass is 32.1. The van der Waals surface area contributed by atoms with Crippen molar-refractivity contribution in [2.24, 2.45) is 0 Å². The Bertz CT molecular complexity index is 1050. The molecule has 0 aliphatic carbocycles. The number of aromatic carboxylic acids is 1. The van der Waals surface area contributed by atoms with Crippen molar-refractivity contribution in [3.05, 3.63) is 40.8 Å². The van der Waals surface area contributed by atoms with E-state index < -0.39 is 23.3 Å². The molecule has 0 spiro atoms. The van der Waals surface area contributed by atoms with Crippen LogP contribution in [0.2, 0.25) is 0 Å². The number of ether oxygens (including phenoxy) is 3. The first kappa shape index (κ1) is 18.5. The van der Waals surface area contributed by atoms with E-state index in [1.807, 2.05) is 0 Å². The van der Waals surface area contributed by atoms with E-state index in [1.165, 1.54) is 25.6 Å². The third-order valence-electron chi connectivity index (χ3n) is 4.16. The van der Waals surface area contributed by atoms with E-state index in [4.69, 9.17) is 14.2 Å². The fourth-order valence-electron chi connectivity index (χ4n) is 2.96. The molecule has 0 fully saturated rings. The zero-order valence-electron chi connectivity index (χ0n) is 14.7. The predicted octanol–water partition coefficient (Wildman–Crippen LogP) is 3.78. The minimum atomic E-state index is -1.43. The molecule has 0 atom stereocenters. The molecule has 3 aromatic rings. The largest absolute Gasteiger partial charge is 0.506 e. The molecule has 2 N–H and O–H groups in total. The summed E-state index contributed by atoms with van der Waals surface area (Å²) in [6.07, 6.45) is 0. The zero-order valence-corrected chi connectivity index (χ0v) is 15.5. The van der Waals surface area contributed by atoms with E-state index >= 15 is 0 Å². The quantitative estimate of drug-likeness (QED) is 0.641. The van der Waals surface area contributed by atoms with Gasteiger partial charge in [0, 0.05) is 15.6 Å². The van der Waals surface area contributed by atoms with E-state index in [2.05, 4.69) is 0 Å². The number of phenols is 1. The summed E-state index contributed by atoms with van der Waals surface area (Å²) in [5.41, 5.74) is 0.160. The van der Waals surface area contributed by atoms with Crippen LogP contribution in [-0.2, 0) is 4.74 Å². The van der Waals surface area contributed by atoms with Crippen molar-refractivity contribution in [1.82, 2.24) is 0 Å². The number of carboxylic acid groups (broad SMARTS) is 1. The second-order valence-corrected chi connectivity index (χ2v) is 6.42. The van der Waals surface area contributed by atoms with E-state index in [-0.39, 0.29) is 5.56 Å². The summed E-state index contributed by atoms with van der Waals surface area (Å²) in [7, 11) is 4.13. The number of esters is 1. The molecule has 0 aliphatic rings. The van der Waals surface area contributed by atoms with Crippen molar-refractivity contribution in [2.75, 3.05) is 21.3 Å². The zero-order chi connectivity index (χ0) is 19.7. The Morgan fingerprint density at radius 1 is 1.00 bits per heavy atom. The molecule has 0 bridgehead atoms. The molecular formula is C19H16O7S. The molecule has 7 nitrogen and oxygen atoms in total. The Morgan fingerprint density at radius 3 is 2.30 bits per heavy atom. The van der Waals surface area contributed by atoms with Gasteiger partial charge in [-0.1, -0.05) is 6.07 Å². The van der Waals surface area contributed by atoms with Crippen LogP contribution in [0.25, 0.3) is 21.2 Å². The Balaban J connectivity index is 2.48. The lowest BCUT2D eigenvalue weighted by molar-refractivity contribution is 0.0582. The van der Waals surface area contributed by atoms with Crippen molar-refractivity contribution in [3.63, 3.8) is 0 Å². The van der Waals surface area contributed by atoms with Crippen molar-refractivity contribution in [3.8, 4) is 28.4 Å². The number of carboxylic acids is 1. The summed E-state index contributed by atoms with van der Waals surface area (Å²) in [6.45, 7) is 0. The maximum Gasteiger partial charge on any atom is 0.340 e. The smallest absolute Gasteiger partial charge is 0.340 e. The highest BCUT2D eigenvalue weighted by molar-refractivity contribution is 7.18. The summed E-state index contributed by atoms with van der Waals surface area (Å²) in [4.78, 5) is 24.3. The van der Waals surface area contributed by atoms with Crippen LogP contribution in [0.3, 0.4) is 0 Å². The molecular weight excluding hydrogens is 372 g/mol. The van der Waals surface area contributed by atoms with Crippen LogP contribution in [0.4, 0.5) is 0 Å². The van der Waals surface area contributed by atoms with Crippen LogP contribution in [0.1, 0.15) is 20.7 Å². The first-order valence-corrected chi connectivity index (χ1v) is 8.62. The van der Waals surface area contributed by atoms with Gasteiger partial charge in [0.25, 0.3) is 0 Å². The normalized spacial score (nSPS) is 10.6. The highest BCUT2D eigenvalue weighted by Crippen LogP contribution is 2.45. The maximum atomic E-state index is 12.5. The van der Waals surface area contributed by atoms with Gasteiger partial charge in [-0.3, -0.25) is 0 Å². The van der Waals surface area contributed by atoms with Gasteiger partial charge < -0.3 is 24.4 Å². The fraction of sp³-hybridized carbons (Fsp3) is 0.158. The second kappa shape index (κ2) is 7.16. The lowest BCUT2D eigenvalue weighted by atomic mass is 9.92. The van der Waals surface area contributed by atoms with E-state index in [0.717, 1.165) is 7.11 Å². The van der Waals surface area contributed by atoms with Gasteiger partial charge in [-0.25, -0.2) is 9.59 Å². The molecule has 0 amide bonds. The number of benzene rings is 2. The minimum Gasteiger partial charge on any atom is -0.506 e. The van der Waals surface area contributed by atoms with Gasteiger partial charge >= 0.3 is 11.9 Å². The van der Waals surface area contributed by atoms with Crippen LogP contribution < -0.4 is 9.47 Å². The van der Waals surface area contributed by atoms with Gasteiger partial charge in [-0.15, -0.1) is 11.3 Å². The van der Waals surface area contributed by atoms with E-state index in [1.54, 1.807) is 29.6 Å². The van der Waals surface area contributed by atoms with Crippen molar-refractivity contribution < 1.29 is 34.0 Å². The van der Waals surface area contributed by atoms with Crippen LogP contribution in [-0.4, -0.2) is 43.5 Å². The summed E-state index contributed by atoms with van der Waals surface area (Å²) < 4.78 is 15.9. The van der Waals surface area contributed by atoms with Crippen molar-refractivity contribution in [2.45, 2.75) is 0 Å². The average molecular weight is 388 g/mol. The number of carbonyl (C=O) groups is 2.